The molecule has 2 aromatic carbocycles. The van der Waals surface area contributed by atoms with Gasteiger partial charge in [0.15, 0.2) is 0 Å². The average Bonchev–Trinajstić information content (AvgIpc) is 2.90. The van der Waals surface area contributed by atoms with Crippen molar-refractivity contribution in [3.05, 3.63) is 76.6 Å². The number of amides is 3. The van der Waals surface area contributed by atoms with E-state index in [0.717, 1.165) is 17.4 Å². The summed E-state index contributed by atoms with van der Waals surface area (Å²) < 4.78 is 29.4. The third-order valence-electron chi connectivity index (χ3n) is 5.86. The van der Waals surface area contributed by atoms with E-state index >= 15 is 0 Å². The van der Waals surface area contributed by atoms with Crippen molar-refractivity contribution >= 4 is 57.0 Å². The molecule has 39 heavy (non-hydrogen) atoms. The molecule has 0 unspecified atom stereocenters. The Bertz CT molecular complexity index is 1420. The monoisotopic (exact) mass is 592 g/mol. The quantitative estimate of drug-likeness (QED) is 0.336. The number of halogens is 2. The number of likely N-dealkylation sites (N-methyl/N-ethyl adjacent to an activating group) is 1. The van der Waals surface area contributed by atoms with E-state index in [9.17, 15) is 18.0 Å². The Hall–Kier alpha value is -3.25. The molecule has 0 saturated carbocycles. The van der Waals surface area contributed by atoms with Crippen LogP contribution in [0.15, 0.2) is 59.5 Å². The maximum absolute atomic E-state index is 13.8. The highest BCUT2D eigenvalue weighted by molar-refractivity contribution is 7.92. The van der Waals surface area contributed by atoms with Gasteiger partial charge in [0.2, 0.25) is 5.95 Å². The van der Waals surface area contributed by atoms with Gasteiger partial charge in [0.05, 0.1) is 22.2 Å². The van der Waals surface area contributed by atoms with Crippen molar-refractivity contribution < 1.29 is 18.0 Å². The second kappa shape index (κ2) is 13.2. The summed E-state index contributed by atoms with van der Waals surface area (Å²) in [5.41, 5.74) is 1.51. The fourth-order valence-electron chi connectivity index (χ4n) is 3.77. The number of aryl methyl sites for hydroxylation is 2. The summed E-state index contributed by atoms with van der Waals surface area (Å²) in [5.74, 6) is -0.600. The van der Waals surface area contributed by atoms with Crippen LogP contribution in [0.4, 0.5) is 16.4 Å². The van der Waals surface area contributed by atoms with Crippen LogP contribution in [0.25, 0.3) is 0 Å². The molecule has 3 amide bonds. The Morgan fingerprint density at radius 3 is 2.10 bits per heavy atom. The van der Waals surface area contributed by atoms with Gasteiger partial charge in [-0.15, -0.1) is 0 Å². The summed E-state index contributed by atoms with van der Waals surface area (Å²) in [6, 6.07) is 12.7. The Balaban J connectivity index is 1.90. The van der Waals surface area contributed by atoms with Crippen molar-refractivity contribution in [3.63, 3.8) is 0 Å². The number of urea groups is 1. The third kappa shape index (κ3) is 7.45. The predicted molar refractivity (Wildman–Crippen MR) is 153 cm³/mol. The largest absolute Gasteiger partial charge is 0.343 e. The first kappa shape index (κ1) is 30.3. The summed E-state index contributed by atoms with van der Waals surface area (Å²) in [6.07, 6.45) is 0. The lowest BCUT2D eigenvalue weighted by Crippen LogP contribution is -2.40. The van der Waals surface area contributed by atoms with Gasteiger partial charge in [0.1, 0.15) is 0 Å². The van der Waals surface area contributed by atoms with Gasteiger partial charge in [-0.3, -0.25) is 10.1 Å². The molecule has 0 aliphatic heterocycles. The van der Waals surface area contributed by atoms with E-state index < -0.39 is 22.0 Å². The minimum absolute atomic E-state index is 0.00649. The summed E-state index contributed by atoms with van der Waals surface area (Å²) >= 11 is 12.6. The summed E-state index contributed by atoms with van der Waals surface area (Å²) in [4.78, 5) is 35.6. The molecular weight excluding hydrogens is 563 g/mol. The minimum atomic E-state index is -4.16. The number of nitrogens with one attached hydrogen (secondary N) is 1. The number of rotatable bonds is 10. The van der Waals surface area contributed by atoms with Crippen molar-refractivity contribution in [1.82, 2.24) is 20.2 Å². The zero-order valence-electron chi connectivity index (χ0n) is 22.1. The Labute approximate surface area is 238 Å². The zero-order valence-corrected chi connectivity index (χ0v) is 24.4. The highest BCUT2D eigenvalue weighted by Crippen LogP contribution is 2.32. The first-order valence-electron chi connectivity index (χ1n) is 12.2. The van der Waals surface area contributed by atoms with Crippen LogP contribution >= 0.6 is 23.4 Å². The summed E-state index contributed by atoms with van der Waals surface area (Å²) in [5, 5.41) is 2.05. The third-order valence-corrected chi connectivity index (χ3v) is 8.27. The molecular formula is C26H30Cl2N6O4S. The van der Waals surface area contributed by atoms with Crippen LogP contribution in [0, 0.1) is 13.8 Å². The lowest BCUT2D eigenvalue weighted by molar-refractivity contribution is 0.0966. The number of nitrogens with zero attached hydrogens (tertiary/aromatic N) is 5. The van der Waals surface area contributed by atoms with Gasteiger partial charge in [-0.05, 0) is 63.3 Å². The Morgan fingerprint density at radius 1 is 0.923 bits per heavy atom. The molecule has 0 aliphatic rings. The Morgan fingerprint density at radius 2 is 1.54 bits per heavy atom. The number of hydrogen-bond donors (Lipinski definition) is 1. The lowest BCUT2D eigenvalue weighted by atomic mass is 10.2. The molecule has 13 heteroatoms. The van der Waals surface area contributed by atoms with E-state index in [-0.39, 0.29) is 33.7 Å². The molecule has 0 atom stereocenters. The molecule has 0 fully saturated rings. The molecule has 208 valence electrons. The first-order valence-corrected chi connectivity index (χ1v) is 14.4. The second-order valence-corrected chi connectivity index (χ2v) is 11.2. The fourth-order valence-corrected chi connectivity index (χ4v) is 5.71. The van der Waals surface area contributed by atoms with E-state index in [1.807, 2.05) is 13.8 Å². The number of imide groups is 1. The van der Waals surface area contributed by atoms with Gasteiger partial charge in [0.25, 0.3) is 15.9 Å². The molecule has 1 N–H and O–H groups in total. The first-order chi connectivity index (χ1) is 18.5. The normalized spacial score (nSPS) is 11.4. The topological polar surface area (TPSA) is 116 Å². The summed E-state index contributed by atoms with van der Waals surface area (Å²) in [6.45, 7) is 9.59. The number of anilines is 2. The second-order valence-electron chi connectivity index (χ2n) is 8.57. The molecule has 0 spiro atoms. The van der Waals surface area contributed by atoms with Crippen molar-refractivity contribution in [3.8, 4) is 0 Å². The summed E-state index contributed by atoms with van der Waals surface area (Å²) in [7, 11) is -4.16. The number of sulfonamides is 1. The number of carbonyl (C=O) groups excluding carboxylic acids is 2. The van der Waals surface area contributed by atoms with Crippen LogP contribution in [-0.4, -0.2) is 61.4 Å². The van der Waals surface area contributed by atoms with Gasteiger partial charge in [-0.25, -0.2) is 31.9 Å². The maximum Gasteiger partial charge on any atom is 0.343 e. The van der Waals surface area contributed by atoms with Crippen LogP contribution in [0.5, 0.6) is 0 Å². The zero-order chi connectivity index (χ0) is 28.7. The van der Waals surface area contributed by atoms with Crippen molar-refractivity contribution in [2.45, 2.75) is 32.6 Å². The van der Waals surface area contributed by atoms with E-state index in [1.54, 1.807) is 50.2 Å². The standard InChI is InChI=1S/C26H30Cl2N6O4S/c1-5-32(6-2)14-15-33(25-29-18(3)16-19(4)30-25)39(37,38)21-12-13-23(22(27)17-21)34(28)26(36)31-24(35)20-10-8-7-9-11-20/h7-13,16-17H,5-6,14-15H2,1-4H3,(H,31,35,36). The highest BCUT2D eigenvalue weighted by atomic mass is 35.5. The van der Waals surface area contributed by atoms with Crippen LogP contribution in [0.2, 0.25) is 5.02 Å². The molecule has 0 aliphatic carbocycles. The maximum atomic E-state index is 13.8. The highest BCUT2D eigenvalue weighted by Gasteiger charge is 2.29. The van der Waals surface area contributed by atoms with Crippen LogP contribution in [0.3, 0.4) is 0 Å². The van der Waals surface area contributed by atoms with E-state index in [0.29, 0.717) is 22.4 Å². The van der Waals surface area contributed by atoms with Gasteiger partial charge in [-0.1, -0.05) is 43.6 Å². The molecule has 1 aromatic heterocycles. The molecule has 10 nitrogen and oxygen atoms in total. The van der Waals surface area contributed by atoms with Gasteiger partial charge >= 0.3 is 6.03 Å². The minimum Gasteiger partial charge on any atom is -0.302 e. The van der Waals surface area contributed by atoms with E-state index in [2.05, 4.69) is 20.2 Å². The SMILES string of the molecule is CCN(CC)CCN(c1nc(C)cc(C)n1)S(=O)(=O)c1ccc(N(Cl)C(=O)NC(=O)c2ccccc2)c(Cl)c1. The molecule has 3 aromatic rings. The number of aromatic nitrogens is 2. The van der Waals surface area contributed by atoms with Crippen molar-refractivity contribution in [2.24, 2.45) is 0 Å². The smallest absolute Gasteiger partial charge is 0.302 e. The van der Waals surface area contributed by atoms with Gasteiger partial charge in [0, 0.05) is 35.3 Å². The Kier molecular flexibility index (Phi) is 10.3. The molecule has 0 bridgehead atoms. The molecule has 3 rings (SSSR count). The fraction of sp³-hybridized carbons (Fsp3) is 0.308. The van der Waals surface area contributed by atoms with Gasteiger partial charge < -0.3 is 4.90 Å². The number of carbonyl (C=O) groups is 2. The van der Waals surface area contributed by atoms with Crippen LogP contribution < -0.4 is 14.0 Å². The van der Waals surface area contributed by atoms with Crippen LogP contribution in [0.1, 0.15) is 35.6 Å². The van der Waals surface area contributed by atoms with E-state index in [4.69, 9.17) is 23.4 Å². The average molecular weight is 594 g/mol. The molecule has 1 heterocycles. The lowest BCUT2D eigenvalue weighted by Gasteiger charge is -2.26. The van der Waals surface area contributed by atoms with E-state index in [1.165, 1.54) is 18.2 Å². The van der Waals surface area contributed by atoms with Gasteiger partial charge in [-0.2, -0.15) is 0 Å². The molecule has 0 saturated heterocycles. The number of benzene rings is 2. The predicted octanol–water partition coefficient (Wildman–Crippen LogP) is 4.79. The van der Waals surface area contributed by atoms with Crippen molar-refractivity contribution in [1.29, 1.82) is 0 Å². The van der Waals surface area contributed by atoms with Crippen LogP contribution in [-0.2, 0) is 10.0 Å². The number of hydrogen-bond acceptors (Lipinski definition) is 7. The van der Waals surface area contributed by atoms with Crippen molar-refractivity contribution in [2.75, 3.05) is 34.9 Å². The molecule has 0 radical (unpaired) electrons.